The molecule has 0 amide bonds. The van der Waals surface area contributed by atoms with Gasteiger partial charge in [0.05, 0.1) is 12.7 Å². The zero-order valence-corrected chi connectivity index (χ0v) is 7.34. The van der Waals surface area contributed by atoms with Crippen molar-refractivity contribution in [3.05, 3.63) is 23.8 Å². The average Bonchev–Trinajstić information content (AvgIpc) is 2.05. The number of rotatable bonds is 2. The highest BCUT2D eigenvalue weighted by atomic mass is 32.1. The monoisotopic (exact) mass is 184 g/mol. The smallest absolute Gasteiger partial charge is 0.335 e. The van der Waals surface area contributed by atoms with E-state index in [0.717, 1.165) is 0 Å². The van der Waals surface area contributed by atoms with Gasteiger partial charge in [-0.25, -0.2) is 4.79 Å². The van der Waals surface area contributed by atoms with Crippen LogP contribution in [-0.4, -0.2) is 18.2 Å². The van der Waals surface area contributed by atoms with Crippen LogP contribution in [-0.2, 0) is 0 Å². The molecule has 0 spiro atoms. The third-order valence-corrected chi connectivity index (χ3v) is 1.80. The summed E-state index contributed by atoms with van der Waals surface area (Å²) < 4.78 is 4.90. The van der Waals surface area contributed by atoms with Gasteiger partial charge in [0.25, 0.3) is 0 Å². The zero-order valence-electron chi connectivity index (χ0n) is 6.44. The molecule has 0 aliphatic heterocycles. The predicted molar refractivity (Wildman–Crippen MR) is 47.2 cm³/mol. The van der Waals surface area contributed by atoms with Gasteiger partial charge in [-0.05, 0) is 18.2 Å². The molecule has 0 aromatic heterocycles. The Bertz CT molecular complexity index is 309. The van der Waals surface area contributed by atoms with Crippen molar-refractivity contribution < 1.29 is 14.6 Å². The van der Waals surface area contributed by atoms with Gasteiger partial charge < -0.3 is 9.84 Å². The zero-order chi connectivity index (χ0) is 9.14. The number of carboxylic acids is 1. The van der Waals surface area contributed by atoms with E-state index in [-0.39, 0.29) is 5.56 Å². The summed E-state index contributed by atoms with van der Waals surface area (Å²) in [7, 11) is 1.47. The SMILES string of the molecule is COc1cc(C(=O)O)ccc1S. The maximum absolute atomic E-state index is 10.5. The molecular formula is C8H8O3S. The lowest BCUT2D eigenvalue weighted by molar-refractivity contribution is 0.0696. The van der Waals surface area contributed by atoms with Gasteiger partial charge in [0, 0.05) is 4.90 Å². The number of methoxy groups -OCH3 is 1. The minimum atomic E-state index is -0.971. The number of aromatic carboxylic acids is 1. The Balaban J connectivity index is 3.13. The number of carbonyl (C=O) groups is 1. The molecule has 1 N–H and O–H groups in total. The topological polar surface area (TPSA) is 46.5 Å². The molecule has 1 aromatic carbocycles. The van der Waals surface area contributed by atoms with Crippen LogP contribution in [0.25, 0.3) is 0 Å². The van der Waals surface area contributed by atoms with Crippen LogP contribution in [0.2, 0.25) is 0 Å². The third kappa shape index (κ3) is 1.71. The summed E-state index contributed by atoms with van der Waals surface area (Å²) in [5, 5.41) is 8.62. The first-order valence-corrected chi connectivity index (χ1v) is 3.70. The van der Waals surface area contributed by atoms with E-state index in [1.165, 1.54) is 19.2 Å². The molecule has 0 unspecified atom stereocenters. The quantitative estimate of drug-likeness (QED) is 0.687. The van der Waals surface area contributed by atoms with Gasteiger partial charge in [-0.2, -0.15) is 0 Å². The van der Waals surface area contributed by atoms with Crippen LogP contribution in [0.1, 0.15) is 10.4 Å². The maximum Gasteiger partial charge on any atom is 0.335 e. The van der Waals surface area contributed by atoms with E-state index in [0.29, 0.717) is 10.6 Å². The molecule has 0 fully saturated rings. The van der Waals surface area contributed by atoms with E-state index in [9.17, 15) is 4.79 Å². The first-order valence-electron chi connectivity index (χ1n) is 3.25. The Hall–Kier alpha value is -1.16. The minimum absolute atomic E-state index is 0.199. The fourth-order valence-corrected chi connectivity index (χ4v) is 1.04. The predicted octanol–water partition coefficient (Wildman–Crippen LogP) is 1.68. The fraction of sp³-hybridized carbons (Fsp3) is 0.125. The molecule has 0 aliphatic carbocycles. The molecule has 0 atom stereocenters. The van der Waals surface area contributed by atoms with E-state index in [1.54, 1.807) is 6.07 Å². The highest BCUT2D eigenvalue weighted by molar-refractivity contribution is 7.80. The van der Waals surface area contributed by atoms with Crippen molar-refractivity contribution in [1.82, 2.24) is 0 Å². The second kappa shape index (κ2) is 3.49. The van der Waals surface area contributed by atoms with Crippen molar-refractivity contribution >= 4 is 18.6 Å². The van der Waals surface area contributed by atoms with Crippen molar-refractivity contribution in [2.24, 2.45) is 0 Å². The normalized spacial score (nSPS) is 9.50. The van der Waals surface area contributed by atoms with Crippen LogP contribution in [0.4, 0.5) is 0 Å². The summed E-state index contributed by atoms with van der Waals surface area (Å²) in [4.78, 5) is 11.1. The summed E-state index contributed by atoms with van der Waals surface area (Å²) in [5.41, 5.74) is 0.199. The molecule has 0 saturated carbocycles. The molecule has 0 saturated heterocycles. The highest BCUT2D eigenvalue weighted by Crippen LogP contribution is 2.23. The van der Waals surface area contributed by atoms with E-state index in [1.807, 2.05) is 0 Å². The Labute approximate surface area is 75.4 Å². The van der Waals surface area contributed by atoms with E-state index < -0.39 is 5.97 Å². The first-order chi connectivity index (χ1) is 5.65. The molecule has 0 aliphatic rings. The summed E-state index contributed by atoms with van der Waals surface area (Å²) in [6.45, 7) is 0. The number of hydrogen-bond acceptors (Lipinski definition) is 3. The average molecular weight is 184 g/mol. The van der Waals surface area contributed by atoms with Crippen LogP contribution in [0.5, 0.6) is 5.75 Å². The van der Waals surface area contributed by atoms with E-state index >= 15 is 0 Å². The summed E-state index contributed by atoms with van der Waals surface area (Å²) in [5.74, 6) is -0.500. The molecule has 4 heteroatoms. The molecule has 1 aromatic rings. The van der Waals surface area contributed by atoms with Crippen molar-refractivity contribution in [2.45, 2.75) is 4.90 Å². The van der Waals surface area contributed by atoms with Crippen LogP contribution in [0.15, 0.2) is 23.1 Å². The number of thiol groups is 1. The van der Waals surface area contributed by atoms with E-state index in [4.69, 9.17) is 9.84 Å². The third-order valence-electron chi connectivity index (χ3n) is 1.43. The molecule has 0 radical (unpaired) electrons. The van der Waals surface area contributed by atoms with Crippen LogP contribution < -0.4 is 4.74 Å². The first kappa shape index (κ1) is 8.93. The number of hydrogen-bond donors (Lipinski definition) is 2. The molecular weight excluding hydrogens is 176 g/mol. The molecule has 64 valence electrons. The van der Waals surface area contributed by atoms with Crippen molar-refractivity contribution in [2.75, 3.05) is 7.11 Å². The van der Waals surface area contributed by atoms with E-state index in [2.05, 4.69) is 12.6 Å². The molecule has 3 nitrogen and oxygen atoms in total. The molecule has 0 heterocycles. The van der Waals surface area contributed by atoms with Gasteiger partial charge in [0.2, 0.25) is 0 Å². The lowest BCUT2D eigenvalue weighted by Gasteiger charge is -2.03. The van der Waals surface area contributed by atoms with Gasteiger partial charge in [-0.3, -0.25) is 0 Å². The van der Waals surface area contributed by atoms with Crippen LogP contribution in [0, 0.1) is 0 Å². The number of benzene rings is 1. The molecule has 12 heavy (non-hydrogen) atoms. The molecule has 1 rings (SSSR count). The van der Waals surface area contributed by atoms with Gasteiger partial charge in [0.15, 0.2) is 0 Å². The lowest BCUT2D eigenvalue weighted by Crippen LogP contribution is -1.96. The number of ether oxygens (including phenoxy) is 1. The second-order valence-corrected chi connectivity index (χ2v) is 2.67. The summed E-state index contributed by atoms with van der Waals surface area (Å²) in [6.07, 6.45) is 0. The Morgan fingerprint density at radius 2 is 2.25 bits per heavy atom. The standard InChI is InChI=1S/C8H8O3S/c1-11-6-4-5(8(9)10)2-3-7(6)12/h2-4,12H,1H3,(H,9,10). The lowest BCUT2D eigenvalue weighted by atomic mass is 10.2. The van der Waals surface area contributed by atoms with Gasteiger partial charge in [-0.1, -0.05) is 0 Å². The number of carboxylic acid groups (broad SMARTS) is 1. The Kier molecular flexibility index (Phi) is 2.60. The van der Waals surface area contributed by atoms with Crippen molar-refractivity contribution in [3.8, 4) is 5.75 Å². The minimum Gasteiger partial charge on any atom is -0.496 e. The van der Waals surface area contributed by atoms with Gasteiger partial charge in [-0.15, -0.1) is 12.6 Å². The summed E-state index contributed by atoms with van der Waals surface area (Å²) in [6, 6.07) is 4.50. The largest absolute Gasteiger partial charge is 0.496 e. The fourth-order valence-electron chi connectivity index (χ4n) is 0.811. The highest BCUT2D eigenvalue weighted by Gasteiger charge is 2.05. The van der Waals surface area contributed by atoms with Crippen molar-refractivity contribution in [1.29, 1.82) is 0 Å². The molecule has 0 bridgehead atoms. The van der Waals surface area contributed by atoms with Gasteiger partial charge in [0.1, 0.15) is 5.75 Å². The summed E-state index contributed by atoms with van der Waals surface area (Å²) >= 11 is 4.08. The van der Waals surface area contributed by atoms with Crippen molar-refractivity contribution in [3.63, 3.8) is 0 Å². The Morgan fingerprint density at radius 3 is 2.75 bits per heavy atom. The van der Waals surface area contributed by atoms with Crippen LogP contribution in [0.3, 0.4) is 0 Å². The van der Waals surface area contributed by atoms with Gasteiger partial charge >= 0.3 is 5.97 Å². The van der Waals surface area contributed by atoms with Crippen LogP contribution >= 0.6 is 12.6 Å². The maximum atomic E-state index is 10.5. The second-order valence-electron chi connectivity index (χ2n) is 2.19. The Morgan fingerprint density at radius 1 is 1.58 bits per heavy atom.